The van der Waals surface area contributed by atoms with E-state index in [-0.39, 0.29) is 5.15 Å². The van der Waals surface area contributed by atoms with Crippen LogP contribution in [0.3, 0.4) is 0 Å². The lowest BCUT2D eigenvalue weighted by molar-refractivity contribution is 0.317. The first kappa shape index (κ1) is 13.4. The second-order valence-electron chi connectivity index (χ2n) is 4.02. The summed E-state index contributed by atoms with van der Waals surface area (Å²) in [7, 11) is 0. The Bertz CT molecular complexity index is 603. The zero-order valence-corrected chi connectivity index (χ0v) is 11.3. The molecule has 0 bridgehead atoms. The molecule has 0 aliphatic rings. The number of hydrogen-bond acceptors (Lipinski definition) is 3. The molecule has 0 amide bonds. The van der Waals surface area contributed by atoms with Gasteiger partial charge in [0.25, 0.3) is 0 Å². The highest BCUT2D eigenvalue weighted by atomic mass is 35.5. The van der Waals surface area contributed by atoms with Crippen molar-refractivity contribution in [2.45, 2.75) is 13.3 Å². The van der Waals surface area contributed by atoms with E-state index in [2.05, 4.69) is 11.9 Å². The number of ether oxygens (including phenoxy) is 1. The largest absolute Gasteiger partial charge is 0.494 e. The van der Waals surface area contributed by atoms with Crippen LogP contribution in [0.2, 0.25) is 5.15 Å². The van der Waals surface area contributed by atoms with Gasteiger partial charge in [0.15, 0.2) is 0 Å². The minimum atomic E-state index is 0.228. The fraction of sp³-hybridized carbons (Fsp3) is 0.200. The maximum Gasteiger partial charge on any atom is 0.147 e. The molecule has 2 rings (SSSR count). The average molecular weight is 273 g/mol. The van der Waals surface area contributed by atoms with Crippen molar-refractivity contribution >= 4 is 11.6 Å². The first-order chi connectivity index (χ1) is 9.24. The van der Waals surface area contributed by atoms with Gasteiger partial charge in [-0.3, -0.25) is 0 Å². The first-order valence-electron chi connectivity index (χ1n) is 6.04. The average Bonchev–Trinajstić information content (AvgIpc) is 2.45. The van der Waals surface area contributed by atoms with Crippen molar-refractivity contribution in [3.63, 3.8) is 0 Å². The third kappa shape index (κ3) is 3.24. The van der Waals surface area contributed by atoms with E-state index in [0.717, 1.165) is 23.4 Å². The van der Waals surface area contributed by atoms with E-state index in [0.29, 0.717) is 12.2 Å². The number of halogens is 1. The minimum Gasteiger partial charge on any atom is -0.494 e. The number of nitrogens with zero attached hydrogens (tertiary/aromatic N) is 2. The molecule has 0 spiro atoms. The molecule has 0 saturated carbocycles. The van der Waals surface area contributed by atoms with Crippen LogP contribution in [0.25, 0.3) is 11.3 Å². The van der Waals surface area contributed by atoms with Crippen molar-refractivity contribution in [2.75, 3.05) is 6.61 Å². The van der Waals surface area contributed by atoms with Gasteiger partial charge in [0.2, 0.25) is 0 Å². The molecule has 0 unspecified atom stereocenters. The lowest BCUT2D eigenvalue weighted by Crippen LogP contribution is -1.94. The van der Waals surface area contributed by atoms with E-state index < -0.39 is 0 Å². The maximum absolute atomic E-state index is 8.81. The molecule has 0 aliphatic heterocycles. The SMILES string of the molecule is CCCOc1ccc(-c2ccc(C#N)c(Cl)n2)cc1. The van der Waals surface area contributed by atoms with Gasteiger partial charge in [-0.15, -0.1) is 0 Å². The Kier molecular flexibility index (Phi) is 4.38. The van der Waals surface area contributed by atoms with E-state index in [9.17, 15) is 0 Å². The van der Waals surface area contributed by atoms with Crippen LogP contribution in [0.5, 0.6) is 5.75 Å². The molecule has 0 fully saturated rings. The van der Waals surface area contributed by atoms with Crippen LogP contribution < -0.4 is 4.74 Å². The number of benzene rings is 1. The van der Waals surface area contributed by atoms with E-state index in [4.69, 9.17) is 21.6 Å². The van der Waals surface area contributed by atoms with Crippen LogP contribution in [0.1, 0.15) is 18.9 Å². The monoisotopic (exact) mass is 272 g/mol. The summed E-state index contributed by atoms with van der Waals surface area (Å²) in [4.78, 5) is 4.21. The Hall–Kier alpha value is -2.05. The second kappa shape index (κ2) is 6.21. The molecule has 1 aromatic carbocycles. The van der Waals surface area contributed by atoms with Gasteiger partial charge in [0.05, 0.1) is 17.9 Å². The quantitative estimate of drug-likeness (QED) is 0.789. The van der Waals surface area contributed by atoms with Gasteiger partial charge in [-0.2, -0.15) is 5.26 Å². The zero-order valence-electron chi connectivity index (χ0n) is 10.6. The Morgan fingerprint density at radius 3 is 2.53 bits per heavy atom. The minimum absolute atomic E-state index is 0.228. The highest BCUT2D eigenvalue weighted by Crippen LogP contribution is 2.23. The van der Waals surface area contributed by atoms with E-state index in [1.807, 2.05) is 30.3 Å². The summed E-state index contributed by atoms with van der Waals surface area (Å²) in [6.45, 7) is 2.78. The fourth-order valence-corrected chi connectivity index (χ4v) is 1.82. The Morgan fingerprint density at radius 2 is 1.95 bits per heavy atom. The molecule has 96 valence electrons. The summed E-state index contributed by atoms with van der Waals surface area (Å²) in [5.74, 6) is 0.838. The van der Waals surface area contributed by atoms with E-state index in [1.165, 1.54) is 0 Å². The van der Waals surface area contributed by atoms with Crippen LogP contribution in [0.4, 0.5) is 0 Å². The van der Waals surface area contributed by atoms with Gasteiger partial charge in [-0.05, 0) is 42.8 Å². The molecule has 0 saturated heterocycles. The molecule has 0 radical (unpaired) electrons. The van der Waals surface area contributed by atoms with E-state index in [1.54, 1.807) is 12.1 Å². The van der Waals surface area contributed by atoms with Gasteiger partial charge in [-0.1, -0.05) is 18.5 Å². The smallest absolute Gasteiger partial charge is 0.147 e. The molecule has 0 aliphatic carbocycles. The molecule has 3 nitrogen and oxygen atoms in total. The first-order valence-corrected chi connectivity index (χ1v) is 6.42. The molecular formula is C15H13ClN2O. The molecule has 0 N–H and O–H groups in total. The predicted octanol–water partition coefficient (Wildman–Crippen LogP) is 4.06. The third-order valence-electron chi connectivity index (χ3n) is 2.59. The van der Waals surface area contributed by atoms with Crippen LogP contribution in [-0.4, -0.2) is 11.6 Å². The normalized spacial score (nSPS) is 9.95. The van der Waals surface area contributed by atoms with Crippen LogP contribution in [0, 0.1) is 11.3 Å². The molecular weight excluding hydrogens is 260 g/mol. The number of pyridine rings is 1. The van der Waals surface area contributed by atoms with Gasteiger partial charge in [0, 0.05) is 5.56 Å². The van der Waals surface area contributed by atoms with Crippen molar-refractivity contribution < 1.29 is 4.74 Å². The van der Waals surface area contributed by atoms with Crippen molar-refractivity contribution in [3.05, 3.63) is 47.1 Å². The van der Waals surface area contributed by atoms with Crippen molar-refractivity contribution in [3.8, 4) is 23.1 Å². The molecule has 0 atom stereocenters. The molecule has 2 aromatic rings. The lowest BCUT2D eigenvalue weighted by atomic mass is 10.1. The number of hydrogen-bond donors (Lipinski definition) is 0. The summed E-state index contributed by atoms with van der Waals surface area (Å²) < 4.78 is 5.52. The van der Waals surface area contributed by atoms with Crippen LogP contribution in [-0.2, 0) is 0 Å². The summed E-state index contributed by atoms with van der Waals surface area (Å²) >= 11 is 5.92. The van der Waals surface area contributed by atoms with Crippen LogP contribution >= 0.6 is 11.6 Å². The molecule has 1 aromatic heterocycles. The summed E-state index contributed by atoms with van der Waals surface area (Å²) in [5, 5.41) is 9.04. The van der Waals surface area contributed by atoms with Crippen molar-refractivity contribution in [2.24, 2.45) is 0 Å². The van der Waals surface area contributed by atoms with Gasteiger partial charge >= 0.3 is 0 Å². The van der Waals surface area contributed by atoms with E-state index >= 15 is 0 Å². The highest BCUT2D eigenvalue weighted by molar-refractivity contribution is 6.30. The van der Waals surface area contributed by atoms with Gasteiger partial charge in [0.1, 0.15) is 17.0 Å². The Labute approximate surface area is 117 Å². The highest BCUT2D eigenvalue weighted by Gasteiger charge is 2.05. The number of nitriles is 1. The topological polar surface area (TPSA) is 45.9 Å². The van der Waals surface area contributed by atoms with Gasteiger partial charge in [-0.25, -0.2) is 4.98 Å². The zero-order chi connectivity index (χ0) is 13.7. The van der Waals surface area contributed by atoms with Crippen LogP contribution in [0.15, 0.2) is 36.4 Å². The number of aromatic nitrogens is 1. The maximum atomic E-state index is 8.81. The standard InChI is InChI=1S/C15H13ClN2O/c1-2-9-19-13-6-3-11(4-7-13)14-8-5-12(10-17)15(16)18-14/h3-8H,2,9H2,1H3. The molecule has 1 heterocycles. The second-order valence-corrected chi connectivity index (χ2v) is 4.38. The third-order valence-corrected chi connectivity index (χ3v) is 2.88. The lowest BCUT2D eigenvalue weighted by Gasteiger charge is -2.06. The Morgan fingerprint density at radius 1 is 1.21 bits per heavy atom. The Balaban J connectivity index is 2.22. The number of rotatable bonds is 4. The fourth-order valence-electron chi connectivity index (χ4n) is 1.62. The molecule has 19 heavy (non-hydrogen) atoms. The summed E-state index contributed by atoms with van der Waals surface area (Å²) in [5.41, 5.74) is 2.06. The molecule has 4 heteroatoms. The van der Waals surface area contributed by atoms with Gasteiger partial charge < -0.3 is 4.74 Å². The summed E-state index contributed by atoms with van der Waals surface area (Å²) in [6.07, 6.45) is 0.981. The van der Waals surface area contributed by atoms with Crippen molar-refractivity contribution in [1.82, 2.24) is 4.98 Å². The van der Waals surface area contributed by atoms with Crippen molar-refractivity contribution in [1.29, 1.82) is 5.26 Å². The predicted molar refractivity (Wildman–Crippen MR) is 75.2 cm³/mol. The summed E-state index contributed by atoms with van der Waals surface area (Å²) in [6, 6.07) is 13.1.